The largest absolute Gasteiger partial charge is 0.429 e. The van der Waals surface area contributed by atoms with Gasteiger partial charge in [-0.3, -0.25) is 4.79 Å². The van der Waals surface area contributed by atoms with E-state index < -0.39 is 12.3 Å². The molecule has 24 heavy (non-hydrogen) atoms. The van der Waals surface area contributed by atoms with Gasteiger partial charge < -0.3 is 9.84 Å². The van der Waals surface area contributed by atoms with E-state index >= 15 is 0 Å². The lowest BCUT2D eigenvalue weighted by Crippen LogP contribution is -2.51. The summed E-state index contributed by atoms with van der Waals surface area (Å²) in [6.45, 7) is 8.96. The Balaban J connectivity index is 1.86. The first-order valence-corrected chi connectivity index (χ1v) is 8.97. The zero-order valence-electron chi connectivity index (χ0n) is 15.1. The number of allylic oxidation sites excluding steroid dienone is 2. The van der Waals surface area contributed by atoms with Crippen LogP contribution in [0.15, 0.2) is 23.3 Å². The number of esters is 1. The van der Waals surface area contributed by atoms with Crippen molar-refractivity contribution in [2.45, 2.75) is 66.1 Å². The lowest BCUT2D eigenvalue weighted by molar-refractivity contribution is -0.151. The molecular formula is C20H28O4. The van der Waals surface area contributed by atoms with Crippen LogP contribution in [0.3, 0.4) is 0 Å². The first-order valence-electron chi connectivity index (χ1n) is 8.97. The second kappa shape index (κ2) is 5.83. The van der Waals surface area contributed by atoms with E-state index in [0.717, 1.165) is 19.3 Å². The van der Waals surface area contributed by atoms with Gasteiger partial charge in [-0.25, -0.2) is 4.79 Å². The van der Waals surface area contributed by atoms with E-state index in [4.69, 9.17) is 4.74 Å². The number of hydrogen-bond acceptors (Lipinski definition) is 4. The van der Waals surface area contributed by atoms with E-state index in [1.807, 2.05) is 6.08 Å². The Kier molecular flexibility index (Phi) is 4.23. The van der Waals surface area contributed by atoms with Gasteiger partial charge in [0.1, 0.15) is 0 Å². The van der Waals surface area contributed by atoms with Crippen molar-refractivity contribution < 1.29 is 19.4 Å². The van der Waals surface area contributed by atoms with Gasteiger partial charge in [0.2, 0.25) is 6.29 Å². The standard InChI is InChI=1S/C20H28O4/c1-12-5-7-20(4)13(2)9-15(21)11-16(20)19(12,3)8-6-14-10-17(22)24-18(14)23/h9-10,12,16,18,23H,5-8,11H2,1-4H3/t12-,16-,18+,19-,20-/m1/s1. The number of rotatable bonds is 3. The molecule has 0 aromatic heterocycles. The number of ketones is 1. The molecule has 0 radical (unpaired) electrons. The van der Waals surface area contributed by atoms with Crippen molar-refractivity contribution in [2.24, 2.45) is 22.7 Å². The molecule has 3 rings (SSSR count). The summed E-state index contributed by atoms with van der Waals surface area (Å²) in [5.41, 5.74) is 1.95. The maximum atomic E-state index is 12.2. The number of ether oxygens (including phenoxy) is 1. The average Bonchev–Trinajstić information content (AvgIpc) is 2.83. The van der Waals surface area contributed by atoms with Crippen molar-refractivity contribution >= 4 is 11.8 Å². The van der Waals surface area contributed by atoms with Crippen molar-refractivity contribution in [3.63, 3.8) is 0 Å². The SMILES string of the molecule is CC1=CC(=O)C[C@@H]2[C@](C)(CCC3=CC(=O)O[C@@H]3O)[C@H](C)CC[C@]12C. The summed E-state index contributed by atoms with van der Waals surface area (Å²) in [4.78, 5) is 23.5. The van der Waals surface area contributed by atoms with Crippen molar-refractivity contribution in [1.82, 2.24) is 0 Å². The molecule has 4 heteroatoms. The van der Waals surface area contributed by atoms with Gasteiger partial charge in [0.25, 0.3) is 0 Å². The van der Waals surface area contributed by atoms with E-state index in [9.17, 15) is 14.7 Å². The van der Waals surface area contributed by atoms with Gasteiger partial charge in [0.15, 0.2) is 5.78 Å². The highest BCUT2D eigenvalue weighted by Gasteiger charge is 2.54. The second-order valence-electron chi connectivity index (χ2n) is 8.42. The Morgan fingerprint density at radius 3 is 2.62 bits per heavy atom. The summed E-state index contributed by atoms with van der Waals surface area (Å²) >= 11 is 0. The topological polar surface area (TPSA) is 63.6 Å². The van der Waals surface area contributed by atoms with Crippen molar-refractivity contribution in [1.29, 1.82) is 0 Å². The van der Waals surface area contributed by atoms with E-state index in [1.54, 1.807) is 0 Å². The highest BCUT2D eigenvalue weighted by molar-refractivity contribution is 5.92. The van der Waals surface area contributed by atoms with E-state index in [-0.39, 0.29) is 16.6 Å². The molecule has 1 heterocycles. The molecule has 0 aromatic carbocycles. The molecule has 0 amide bonds. The third-order valence-electron chi connectivity index (χ3n) is 7.27. The lowest BCUT2D eigenvalue weighted by Gasteiger charge is -2.57. The van der Waals surface area contributed by atoms with Gasteiger partial charge >= 0.3 is 5.97 Å². The molecule has 1 N–H and O–H groups in total. The highest BCUT2D eigenvalue weighted by Crippen LogP contribution is 2.61. The highest BCUT2D eigenvalue weighted by atomic mass is 16.6. The third kappa shape index (κ3) is 2.65. The Hall–Kier alpha value is -1.42. The maximum Gasteiger partial charge on any atom is 0.333 e. The summed E-state index contributed by atoms with van der Waals surface area (Å²) in [6, 6.07) is 0. The van der Waals surface area contributed by atoms with Crippen molar-refractivity contribution in [3.05, 3.63) is 23.3 Å². The molecule has 1 fully saturated rings. The molecule has 0 aromatic rings. The summed E-state index contributed by atoms with van der Waals surface area (Å²) in [6.07, 6.45) is 6.51. The van der Waals surface area contributed by atoms with Crippen LogP contribution in [0, 0.1) is 22.7 Å². The number of fused-ring (bicyclic) bond motifs is 1. The monoisotopic (exact) mass is 332 g/mol. The van der Waals surface area contributed by atoms with Gasteiger partial charge in [-0.2, -0.15) is 0 Å². The smallest absolute Gasteiger partial charge is 0.333 e. The Labute approximate surface area is 144 Å². The number of aliphatic hydroxyl groups is 1. The molecule has 0 bridgehead atoms. The molecule has 0 saturated heterocycles. The number of cyclic esters (lactones) is 1. The summed E-state index contributed by atoms with van der Waals surface area (Å²) < 4.78 is 4.79. The van der Waals surface area contributed by atoms with E-state index in [2.05, 4.69) is 27.7 Å². The van der Waals surface area contributed by atoms with Gasteiger partial charge in [-0.15, -0.1) is 0 Å². The quantitative estimate of drug-likeness (QED) is 0.803. The van der Waals surface area contributed by atoms with Crippen molar-refractivity contribution in [2.75, 3.05) is 0 Å². The maximum absolute atomic E-state index is 12.2. The lowest BCUT2D eigenvalue weighted by atomic mass is 9.47. The Bertz CT molecular complexity index is 632. The molecule has 132 valence electrons. The molecular weight excluding hydrogens is 304 g/mol. The molecule has 2 aliphatic carbocycles. The van der Waals surface area contributed by atoms with Crippen LogP contribution < -0.4 is 0 Å². The van der Waals surface area contributed by atoms with Gasteiger partial charge in [0, 0.05) is 18.1 Å². The minimum atomic E-state index is -1.10. The number of hydrogen-bond donors (Lipinski definition) is 1. The Morgan fingerprint density at radius 2 is 2.00 bits per heavy atom. The van der Waals surface area contributed by atoms with Crippen LogP contribution in [0.4, 0.5) is 0 Å². The Morgan fingerprint density at radius 1 is 1.29 bits per heavy atom. The zero-order valence-corrected chi connectivity index (χ0v) is 15.1. The fraction of sp³-hybridized carbons (Fsp3) is 0.700. The van der Waals surface area contributed by atoms with Gasteiger partial charge in [0.05, 0.1) is 0 Å². The molecule has 0 spiro atoms. The first-order chi connectivity index (χ1) is 11.2. The fourth-order valence-corrected chi connectivity index (χ4v) is 5.16. The predicted octanol–water partition coefficient (Wildman–Crippen LogP) is 3.55. The fourth-order valence-electron chi connectivity index (χ4n) is 5.16. The second-order valence-corrected chi connectivity index (χ2v) is 8.42. The number of carbonyl (C=O) groups excluding carboxylic acids is 2. The van der Waals surface area contributed by atoms with Crippen LogP contribution >= 0.6 is 0 Å². The third-order valence-corrected chi connectivity index (χ3v) is 7.27. The first kappa shape index (κ1) is 17.4. The number of carbonyl (C=O) groups is 2. The molecule has 3 aliphatic rings. The molecule has 1 aliphatic heterocycles. The van der Waals surface area contributed by atoms with Crippen LogP contribution in [-0.4, -0.2) is 23.1 Å². The van der Waals surface area contributed by atoms with Gasteiger partial charge in [-0.05, 0) is 61.3 Å². The van der Waals surface area contributed by atoms with Crippen LogP contribution in [0.1, 0.15) is 59.8 Å². The normalized spacial score (nSPS) is 42.3. The predicted molar refractivity (Wildman–Crippen MR) is 90.9 cm³/mol. The van der Waals surface area contributed by atoms with E-state index in [0.29, 0.717) is 30.3 Å². The van der Waals surface area contributed by atoms with E-state index in [1.165, 1.54) is 11.6 Å². The van der Waals surface area contributed by atoms with Crippen LogP contribution in [0.2, 0.25) is 0 Å². The minimum absolute atomic E-state index is 0.00434. The van der Waals surface area contributed by atoms with Crippen LogP contribution in [0.5, 0.6) is 0 Å². The van der Waals surface area contributed by atoms with Crippen molar-refractivity contribution in [3.8, 4) is 0 Å². The number of aliphatic hydroxyl groups excluding tert-OH is 1. The van der Waals surface area contributed by atoms with Crippen LogP contribution in [0.25, 0.3) is 0 Å². The zero-order chi connectivity index (χ0) is 17.7. The van der Waals surface area contributed by atoms with Gasteiger partial charge in [-0.1, -0.05) is 26.3 Å². The minimum Gasteiger partial charge on any atom is -0.429 e. The molecule has 4 nitrogen and oxygen atoms in total. The molecule has 5 atom stereocenters. The summed E-state index contributed by atoms with van der Waals surface area (Å²) in [5.74, 6) is 0.580. The average molecular weight is 332 g/mol. The summed E-state index contributed by atoms with van der Waals surface area (Å²) in [7, 11) is 0. The van der Waals surface area contributed by atoms with Crippen LogP contribution in [-0.2, 0) is 14.3 Å². The summed E-state index contributed by atoms with van der Waals surface area (Å²) in [5, 5.41) is 9.83. The molecule has 0 unspecified atom stereocenters. The molecule has 1 saturated carbocycles.